The molecule has 0 unspecified atom stereocenters. The Morgan fingerprint density at radius 2 is 1.84 bits per heavy atom. The number of carbonyl (C=O) groups excluding carboxylic acids is 3. The van der Waals surface area contributed by atoms with E-state index in [1.807, 2.05) is 0 Å². The van der Waals surface area contributed by atoms with Crippen molar-refractivity contribution < 1.29 is 23.9 Å². The summed E-state index contributed by atoms with van der Waals surface area (Å²) in [6.45, 7) is 5.09. The van der Waals surface area contributed by atoms with Gasteiger partial charge in [-0.25, -0.2) is 9.59 Å². The summed E-state index contributed by atoms with van der Waals surface area (Å²) in [7, 11) is 1.28. The predicted molar refractivity (Wildman–Crippen MR) is 91.5 cm³/mol. The molecule has 138 valence electrons. The number of methoxy groups -OCH3 is 1. The van der Waals surface area contributed by atoms with E-state index in [0.29, 0.717) is 22.7 Å². The zero-order valence-electron chi connectivity index (χ0n) is 15.2. The number of amides is 1. The van der Waals surface area contributed by atoms with Gasteiger partial charge < -0.3 is 19.8 Å². The lowest BCUT2D eigenvalue weighted by molar-refractivity contribution is -0.125. The van der Waals surface area contributed by atoms with Crippen LogP contribution in [0.4, 0.5) is 0 Å². The molecule has 0 radical (unpaired) electrons. The maximum Gasteiger partial charge on any atom is 0.355 e. The minimum absolute atomic E-state index is 0.139. The van der Waals surface area contributed by atoms with Gasteiger partial charge in [0.15, 0.2) is 6.61 Å². The average molecular weight is 350 g/mol. The van der Waals surface area contributed by atoms with Crippen LogP contribution in [0.2, 0.25) is 0 Å². The first-order chi connectivity index (χ1) is 11.8. The molecule has 1 saturated carbocycles. The molecule has 0 aromatic carbocycles. The summed E-state index contributed by atoms with van der Waals surface area (Å²) in [4.78, 5) is 38.8. The van der Waals surface area contributed by atoms with Gasteiger partial charge in [0.1, 0.15) is 5.69 Å². The van der Waals surface area contributed by atoms with Crippen LogP contribution in [0.1, 0.15) is 64.7 Å². The third-order valence-electron chi connectivity index (χ3n) is 4.82. The molecular weight excluding hydrogens is 324 g/mol. The lowest BCUT2D eigenvalue weighted by atomic mass is 9.86. The van der Waals surface area contributed by atoms with Gasteiger partial charge in [-0.1, -0.05) is 19.8 Å². The first kappa shape index (κ1) is 19.0. The summed E-state index contributed by atoms with van der Waals surface area (Å²) in [6.07, 6.45) is 4.35. The number of aromatic amines is 1. The van der Waals surface area contributed by atoms with Gasteiger partial charge >= 0.3 is 11.9 Å². The molecule has 1 aliphatic carbocycles. The second kappa shape index (κ2) is 8.18. The Morgan fingerprint density at radius 1 is 1.16 bits per heavy atom. The van der Waals surface area contributed by atoms with E-state index in [-0.39, 0.29) is 24.2 Å². The number of aryl methyl sites for hydroxylation is 1. The molecule has 0 aliphatic heterocycles. The molecule has 1 heterocycles. The SMILES string of the molecule is COC(=O)c1c(C)[nH]c(C(=O)OCC(=O)N[C@@H]2CCCC[C@H]2C)c1C. The molecule has 1 aromatic rings. The maximum absolute atomic E-state index is 12.2. The van der Waals surface area contributed by atoms with Gasteiger partial charge in [0.2, 0.25) is 0 Å². The first-order valence-electron chi connectivity index (χ1n) is 8.59. The minimum Gasteiger partial charge on any atom is -0.465 e. The molecule has 0 saturated heterocycles. The van der Waals surface area contributed by atoms with Crippen LogP contribution in [0.3, 0.4) is 0 Å². The van der Waals surface area contributed by atoms with Crippen molar-refractivity contribution >= 4 is 17.8 Å². The number of aromatic nitrogens is 1. The number of H-pyrrole nitrogens is 1. The first-order valence-corrected chi connectivity index (χ1v) is 8.59. The van der Waals surface area contributed by atoms with Crippen LogP contribution in [0.5, 0.6) is 0 Å². The van der Waals surface area contributed by atoms with Crippen molar-refractivity contribution in [3.63, 3.8) is 0 Å². The third kappa shape index (κ3) is 4.41. The van der Waals surface area contributed by atoms with Crippen LogP contribution in [0.25, 0.3) is 0 Å². The molecule has 2 rings (SSSR count). The fourth-order valence-electron chi connectivity index (χ4n) is 3.34. The highest BCUT2D eigenvalue weighted by atomic mass is 16.5. The van der Waals surface area contributed by atoms with E-state index in [2.05, 4.69) is 17.2 Å². The molecule has 1 aromatic heterocycles. The van der Waals surface area contributed by atoms with Gasteiger partial charge in [0.05, 0.1) is 12.7 Å². The number of esters is 2. The van der Waals surface area contributed by atoms with E-state index in [0.717, 1.165) is 19.3 Å². The number of hydrogen-bond donors (Lipinski definition) is 2. The van der Waals surface area contributed by atoms with Crippen molar-refractivity contribution in [2.75, 3.05) is 13.7 Å². The molecule has 0 spiro atoms. The van der Waals surface area contributed by atoms with Crippen LogP contribution in [-0.2, 0) is 14.3 Å². The Kier molecular flexibility index (Phi) is 6.22. The summed E-state index contributed by atoms with van der Waals surface area (Å²) in [6, 6.07) is 0.139. The summed E-state index contributed by atoms with van der Waals surface area (Å²) >= 11 is 0. The Balaban J connectivity index is 1.94. The van der Waals surface area contributed by atoms with Crippen LogP contribution in [-0.4, -0.2) is 42.6 Å². The van der Waals surface area contributed by atoms with Crippen LogP contribution in [0.15, 0.2) is 0 Å². The molecule has 25 heavy (non-hydrogen) atoms. The third-order valence-corrected chi connectivity index (χ3v) is 4.82. The summed E-state index contributed by atoms with van der Waals surface area (Å²) in [5, 5.41) is 2.93. The van der Waals surface area contributed by atoms with Crippen molar-refractivity contribution in [3.8, 4) is 0 Å². The molecule has 1 fully saturated rings. The number of nitrogens with one attached hydrogen (secondary N) is 2. The second-order valence-corrected chi connectivity index (χ2v) is 6.63. The van der Waals surface area contributed by atoms with Crippen molar-refractivity contribution in [3.05, 3.63) is 22.5 Å². The van der Waals surface area contributed by atoms with Gasteiger partial charge in [0.25, 0.3) is 5.91 Å². The van der Waals surface area contributed by atoms with Crippen LogP contribution in [0, 0.1) is 19.8 Å². The maximum atomic E-state index is 12.2. The molecular formula is C18H26N2O5. The zero-order valence-corrected chi connectivity index (χ0v) is 15.2. The Labute approximate surface area is 147 Å². The predicted octanol–water partition coefficient (Wildman–Crippen LogP) is 2.27. The highest BCUT2D eigenvalue weighted by Gasteiger charge is 2.25. The van der Waals surface area contributed by atoms with Crippen LogP contribution >= 0.6 is 0 Å². The van der Waals surface area contributed by atoms with E-state index in [4.69, 9.17) is 9.47 Å². The highest BCUT2D eigenvalue weighted by Crippen LogP contribution is 2.23. The Bertz CT molecular complexity index is 665. The smallest absolute Gasteiger partial charge is 0.355 e. The minimum atomic E-state index is -0.664. The molecule has 7 nitrogen and oxygen atoms in total. The average Bonchev–Trinajstić information content (AvgIpc) is 2.88. The Morgan fingerprint density at radius 3 is 2.48 bits per heavy atom. The molecule has 2 N–H and O–H groups in total. The lowest BCUT2D eigenvalue weighted by Crippen LogP contribution is -2.42. The lowest BCUT2D eigenvalue weighted by Gasteiger charge is -2.29. The van der Waals surface area contributed by atoms with E-state index in [1.54, 1.807) is 13.8 Å². The quantitative estimate of drug-likeness (QED) is 0.794. The molecule has 0 bridgehead atoms. The van der Waals surface area contributed by atoms with E-state index >= 15 is 0 Å². The van der Waals surface area contributed by atoms with Gasteiger partial charge in [-0.2, -0.15) is 0 Å². The van der Waals surface area contributed by atoms with Gasteiger partial charge in [0, 0.05) is 11.7 Å². The Hall–Kier alpha value is -2.31. The van der Waals surface area contributed by atoms with E-state index in [1.165, 1.54) is 13.5 Å². The van der Waals surface area contributed by atoms with Crippen molar-refractivity contribution in [1.29, 1.82) is 0 Å². The number of rotatable bonds is 5. The van der Waals surface area contributed by atoms with Crippen molar-refractivity contribution in [2.24, 2.45) is 5.92 Å². The normalized spacial score (nSPS) is 20.0. The largest absolute Gasteiger partial charge is 0.465 e. The highest BCUT2D eigenvalue weighted by molar-refractivity contribution is 5.99. The van der Waals surface area contributed by atoms with Gasteiger partial charge in [-0.3, -0.25) is 4.79 Å². The van der Waals surface area contributed by atoms with Crippen molar-refractivity contribution in [2.45, 2.75) is 52.5 Å². The summed E-state index contributed by atoms with van der Waals surface area (Å²) < 4.78 is 9.80. The second-order valence-electron chi connectivity index (χ2n) is 6.63. The topological polar surface area (TPSA) is 97.5 Å². The number of ether oxygens (including phenoxy) is 2. The molecule has 2 atom stereocenters. The fourth-order valence-corrected chi connectivity index (χ4v) is 3.34. The molecule has 1 amide bonds. The zero-order chi connectivity index (χ0) is 18.6. The van der Waals surface area contributed by atoms with E-state index in [9.17, 15) is 14.4 Å². The van der Waals surface area contributed by atoms with Gasteiger partial charge in [-0.05, 0) is 38.2 Å². The summed E-state index contributed by atoms with van der Waals surface area (Å²) in [5.41, 5.74) is 1.46. The molecule has 7 heteroatoms. The monoisotopic (exact) mass is 350 g/mol. The van der Waals surface area contributed by atoms with E-state index < -0.39 is 11.9 Å². The number of hydrogen-bond acceptors (Lipinski definition) is 5. The standard InChI is InChI=1S/C18H26N2O5/c1-10-7-5-6-8-13(10)20-14(21)9-25-18(23)16-11(2)15(12(3)19-16)17(22)24-4/h10,13,19H,5-9H2,1-4H3,(H,20,21)/t10-,13-/m1/s1. The summed E-state index contributed by atoms with van der Waals surface area (Å²) in [5.74, 6) is -1.05. The molecule has 1 aliphatic rings. The number of carbonyl (C=O) groups is 3. The van der Waals surface area contributed by atoms with Gasteiger partial charge in [-0.15, -0.1) is 0 Å². The van der Waals surface area contributed by atoms with Crippen molar-refractivity contribution in [1.82, 2.24) is 10.3 Å². The fraction of sp³-hybridized carbons (Fsp3) is 0.611. The van der Waals surface area contributed by atoms with Crippen LogP contribution < -0.4 is 5.32 Å².